The largest absolute Gasteiger partial charge is 0.462 e. The Morgan fingerprint density at radius 3 is 0.765 bits per heavy atom. The summed E-state index contributed by atoms with van der Waals surface area (Å²) >= 11 is 0. The Morgan fingerprint density at radius 2 is 0.481 bits per heavy atom. The lowest BCUT2D eigenvalue weighted by molar-refractivity contribution is -0.167. The highest BCUT2D eigenvalue weighted by molar-refractivity contribution is 5.71. The van der Waals surface area contributed by atoms with E-state index in [0.29, 0.717) is 19.3 Å². The SMILES string of the molecule is CC/C=C\C/C=C\C/C=C\C/C=C\CCCCCCCCC(=O)OCC(COC(=O)CCCCCCCCCCCCC/C=C\CCCCCCCCCC)OC(=O)CCCCCCCC/C=C\C/C=C\C/C=C\CCCCCCC. The van der Waals surface area contributed by atoms with Gasteiger partial charge in [-0.05, 0) is 122 Å². The lowest BCUT2D eigenvalue weighted by atomic mass is 10.0. The van der Waals surface area contributed by atoms with Gasteiger partial charge in [-0.2, -0.15) is 0 Å². The zero-order valence-electron chi connectivity index (χ0n) is 53.5. The third-order valence-electron chi connectivity index (χ3n) is 15.0. The summed E-state index contributed by atoms with van der Waals surface area (Å²) in [5.74, 6) is -0.901. The number of esters is 3. The molecule has 0 aliphatic heterocycles. The quantitative estimate of drug-likeness (QED) is 0.0261. The molecule has 0 amide bonds. The molecule has 0 heterocycles. The summed E-state index contributed by atoms with van der Waals surface area (Å²) in [5, 5.41) is 0. The number of hydrogen-bond acceptors (Lipinski definition) is 6. The molecule has 0 aliphatic rings. The minimum absolute atomic E-state index is 0.0871. The Kier molecular flexibility index (Phi) is 65.7. The molecular weight excluding hydrogens is 997 g/mol. The van der Waals surface area contributed by atoms with Gasteiger partial charge in [0, 0.05) is 19.3 Å². The van der Waals surface area contributed by atoms with Gasteiger partial charge in [-0.25, -0.2) is 0 Å². The van der Waals surface area contributed by atoms with E-state index in [1.54, 1.807) is 0 Å². The lowest BCUT2D eigenvalue weighted by Crippen LogP contribution is -2.30. The molecule has 0 radical (unpaired) electrons. The molecule has 0 aromatic heterocycles. The van der Waals surface area contributed by atoms with Gasteiger partial charge in [0.1, 0.15) is 13.2 Å². The Balaban J connectivity index is 4.41. The molecule has 81 heavy (non-hydrogen) atoms. The fourth-order valence-corrected chi connectivity index (χ4v) is 9.85. The van der Waals surface area contributed by atoms with Crippen LogP contribution in [0.5, 0.6) is 0 Å². The first kappa shape index (κ1) is 77.3. The first-order valence-corrected chi connectivity index (χ1v) is 34.7. The summed E-state index contributed by atoms with van der Waals surface area (Å²) in [4.78, 5) is 38.5. The van der Waals surface area contributed by atoms with E-state index in [1.807, 2.05) is 0 Å². The molecule has 0 aromatic rings. The second-order valence-electron chi connectivity index (χ2n) is 23.1. The minimum atomic E-state index is -0.794. The van der Waals surface area contributed by atoms with E-state index in [2.05, 4.69) is 118 Å². The Bertz CT molecular complexity index is 1580. The second-order valence-corrected chi connectivity index (χ2v) is 23.1. The monoisotopic (exact) mass is 1130 g/mol. The van der Waals surface area contributed by atoms with Gasteiger partial charge in [0.2, 0.25) is 0 Å². The van der Waals surface area contributed by atoms with Crippen molar-refractivity contribution in [1.82, 2.24) is 0 Å². The van der Waals surface area contributed by atoms with Crippen LogP contribution < -0.4 is 0 Å². The van der Waals surface area contributed by atoms with Gasteiger partial charge in [-0.1, -0.05) is 298 Å². The molecule has 0 rings (SSSR count). The van der Waals surface area contributed by atoms with Crippen molar-refractivity contribution in [3.05, 3.63) is 97.2 Å². The van der Waals surface area contributed by atoms with E-state index in [-0.39, 0.29) is 31.1 Å². The van der Waals surface area contributed by atoms with Gasteiger partial charge in [0.15, 0.2) is 6.10 Å². The zero-order chi connectivity index (χ0) is 58.5. The van der Waals surface area contributed by atoms with Crippen LogP contribution in [-0.4, -0.2) is 37.2 Å². The first-order chi connectivity index (χ1) is 40.0. The standard InChI is InChI=1S/C75H130O6/c1-4-7-10-13-16-19-22-25-28-31-34-36-37-39-41-44-47-50-53-56-59-62-65-68-74(77)80-71-72(70-79-73(76)67-64-61-58-55-52-49-46-43-40-33-30-27-24-21-18-15-12-9-6-3)81-75(78)69-66-63-60-57-54-51-48-45-42-38-35-32-29-26-23-20-17-14-11-8-5-2/h9,12,18,21,23,26-27,30-32,34-35,40,42-43,45,72H,4-8,10-11,13-17,19-20,22,24-25,28-29,33,36-39,41,44,46-71H2,1-3H3/b12-9-,21-18-,26-23-,30-27-,34-31-,35-32-,43-40-,45-42-. The Labute approximate surface area is 502 Å². The van der Waals surface area contributed by atoms with Crippen molar-refractivity contribution >= 4 is 17.9 Å². The molecule has 0 fully saturated rings. The van der Waals surface area contributed by atoms with E-state index >= 15 is 0 Å². The van der Waals surface area contributed by atoms with E-state index in [0.717, 1.165) is 122 Å². The number of hydrogen-bond donors (Lipinski definition) is 0. The van der Waals surface area contributed by atoms with Gasteiger partial charge in [0.05, 0.1) is 0 Å². The highest BCUT2D eigenvalue weighted by atomic mass is 16.6. The number of rotatable bonds is 63. The van der Waals surface area contributed by atoms with E-state index < -0.39 is 6.10 Å². The summed E-state index contributed by atoms with van der Waals surface area (Å²) in [6.07, 6.45) is 92.8. The van der Waals surface area contributed by atoms with Gasteiger partial charge < -0.3 is 14.2 Å². The Morgan fingerprint density at radius 1 is 0.259 bits per heavy atom. The van der Waals surface area contributed by atoms with Gasteiger partial charge in [-0.15, -0.1) is 0 Å². The molecular formula is C75H130O6. The molecule has 1 atom stereocenters. The summed E-state index contributed by atoms with van der Waals surface area (Å²) < 4.78 is 17.0. The molecule has 0 aromatic carbocycles. The maximum Gasteiger partial charge on any atom is 0.306 e. The van der Waals surface area contributed by atoms with Crippen LogP contribution >= 0.6 is 0 Å². The normalized spacial score (nSPS) is 12.7. The maximum atomic E-state index is 13.0. The van der Waals surface area contributed by atoms with E-state index in [4.69, 9.17) is 14.2 Å². The second kappa shape index (κ2) is 68.8. The summed E-state index contributed by atoms with van der Waals surface area (Å²) in [6.45, 7) is 6.53. The summed E-state index contributed by atoms with van der Waals surface area (Å²) in [6, 6.07) is 0. The molecule has 0 spiro atoms. The highest BCUT2D eigenvalue weighted by Crippen LogP contribution is 2.16. The van der Waals surface area contributed by atoms with Crippen LogP contribution in [0.25, 0.3) is 0 Å². The molecule has 466 valence electrons. The van der Waals surface area contributed by atoms with Crippen molar-refractivity contribution in [1.29, 1.82) is 0 Å². The van der Waals surface area contributed by atoms with Crippen molar-refractivity contribution < 1.29 is 28.6 Å². The zero-order valence-corrected chi connectivity index (χ0v) is 53.5. The summed E-state index contributed by atoms with van der Waals surface area (Å²) in [7, 11) is 0. The average Bonchev–Trinajstić information content (AvgIpc) is 3.47. The highest BCUT2D eigenvalue weighted by Gasteiger charge is 2.19. The lowest BCUT2D eigenvalue weighted by Gasteiger charge is -2.18. The van der Waals surface area contributed by atoms with Gasteiger partial charge in [-0.3, -0.25) is 14.4 Å². The summed E-state index contributed by atoms with van der Waals surface area (Å²) in [5.41, 5.74) is 0. The third kappa shape index (κ3) is 67.0. The van der Waals surface area contributed by atoms with E-state index in [9.17, 15) is 14.4 Å². The van der Waals surface area contributed by atoms with Crippen molar-refractivity contribution in [2.24, 2.45) is 0 Å². The molecule has 0 aliphatic carbocycles. The smallest absolute Gasteiger partial charge is 0.306 e. The Hall–Kier alpha value is -3.67. The molecule has 0 bridgehead atoms. The number of carbonyl (C=O) groups is 3. The number of carbonyl (C=O) groups excluding carboxylic acids is 3. The van der Waals surface area contributed by atoms with Crippen LogP contribution in [0, 0.1) is 0 Å². The van der Waals surface area contributed by atoms with Crippen LogP contribution in [-0.2, 0) is 28.6 Å². The van der Waals surface area contributed by atoms with Crippen LogP contribution in [0.15, 0.2) is 97.2 Å². The first-order valence-electron chi connectivity index (χ1n) is 34.7. The van der Waals surface area contributed by atoms with Crippen molar-refractivity contribution in [3.63, 3.8) is 0 Å². The van der Waals surface area contributed by atoms with Crippen LogP contribution in [0.3, 0.4) is 0 Å². The molecule has 0 saturated carbocycles. The number of allylic oxidation sites excluding steroid dienone is 16. The van der Waals surface area contributed by atoms with Crippen LogP contribution in [0.1, 0.15) is 342 Å². The fourth-order valence-electron chi connectivity index (χ4n) is 9.85. The molecule has 6 nitrogen and oxygen atoms in total. The van der Waals surface area contributed by atoms with Crippen LogP contribution in [0.4, 0.5) is 0 Å². The topological polar surface area (TPSA) is 78.9 Å². The number of ether oxygens (including phenoxy) is 3. The predicted molar refractivity (Wildman–Crippen MR) is 353 cm³/mol. The minimum Gasteiger partial charge on any atom is -0.462 e. The van der Waals surface area contributed by atoms with Crippen LogP contribution in [0.2, 0.25) is 0 Å². The fraction of sp³-hybridized carbons (Fsp3) is 0.747. The van der Waals surface area contributed by atoms with Crippen molar-refractivity contribution in [2.45, 2.75) is 348 Å². The maximum absolute atomic E-state index is 13.0. The molecule has 1 unspecified atom stereocenters. The van der Waals surface area contributed by atoms with E-state index in [1.165, 1.54) is 180 Å². The third-order valence-corrected chi connectivity index (χ3v) is 15.0. The predicted octanol–water partition coefficient (Wildman–Crippen LogP) is 24.0. The van der Waals surface area contributed by atoms with Gasteiger partial charge >= 0.3 is 17.9 Å². The van der Waals surface area contributed by atoms with Crippen molar-refractivity contribution in [3.8, 4) is 0 Å². The van der Waals surface area contributed by atoms with Gasteiger partial charge in [0.25, 0.3) is 0 Å². The molecule has 0 saturated heterocycles. The number of unbranched alkanes of at least 4 members (excludes halogenated alkanes) is 36. The molecule has 6 heteroatoms. The molecule has 0 N–H and O–H groups in total. The van der Waals surface area contributed by atoms with Crippen molar-refractivity contribution in [2.75, 3.05) is 13.2 Å². The average molecular weight is 1130 g/mol.